The molecule has 0 aliphatic carbocycles. The van der Waals surface area contributed by atoms with Gasteiger partial charge in [0.25, 0.3) is 0 Å². The van der Waals surface area contributed by atoms with Gasteiger partial charge in [-0.2, -0.15) is 9.81 Å². The van der Waals surface area contributed by atoms with Gasteiger partial charge < -0.3 is 15.9 Å². The number of aliphatic hydroxyl groups excluding tert-OH is 2. The number of nitroso groups, excluding NO2 is 2. The smallest absolute Gasteiger partial charge is 0.153 e. The van der Waals surface area contributed by atoms with E-state index in [9.17, 15) is 14.9 Å². The molecule has 1 aliphatic rings. The maximum Gasteiger partial charge on any atom is 0.153 e. The molecule has 0 bridgehead atoms. The van der Waals surface area contributed by atoms with Crippen LogP contribution in [0.4, 0.5) is 0 Å². The molecule has 0 spiro atoms. The largest absolute Gasteiger partial charge is 0.394 e. The maximum absolute atomic E-state index is 10.4. The van der Waals surface area contributed by atoms with Crippen molar-refractivity contribution in [1.82, 2.24) is 0 Å². The van der Waals surface area contributed by atoms with Crippen LogP contribution in [0.2, 0.25) is 0 Å². The highest BCUT2D eigenvalue weighted by Gasteiger charge is 2.42. The lowest BCUT2D eigenvalue weighted by Crippen LogP contribution is -2.53. The van der Waals surface area contributed by atoms with Crippen LogP contribution in [0, 0.1) is 9.81 Å². The number of rotatable bonds is 3. The van der Waals surface area contributed by atoms with E-state index >= 15 is 0 Å². The summed E-state index contributed by atoms with van der Waals surface area (Å²) in [6, 6.07) is -3.35. The first kappa shape index (κ1) is 10.7. The van der Waals surface area contributed by atoms with Crippen molar-refractivity contribution in [3.8, 4) is 0 Å². The van der Waals surface area contributed by atoms with Gasteiger partial charge in [0.1, 0.15) is 24.0 Å². The van der Waals surface area contributed by atoms with Crippen LogP contribution in [0.1, 0.15) is 0 Å². The van der Waals surface area contributed by atoms with E-state index in [-0.39, 0.29) is 5.84 Å². The Hall–Kier alpha value is -1.41. The molecular formula is C6H10N4O4. The first-order chi connectivity index (χ1) is 6.65. The predicted molar refractivity (Wildman–Crippen MR) is 47.7 cm³/mol. The van der Waals surface area contributed by atoms with Crippen LogP contribution in [-0.2, 0) is 0 Å². The number of hydrogen-bond acceptors (Lipinski definition) is 8. The van der Waals surface area contributed by atoms with Gasteiger partial charge >= 0.3 is 0 Å². The molecule has 8 nitrogen and oxygen atoms in total. The monoisotopic (exact) mass is 202 g/mol. The number of nitrogens with zero attached hydrogens (tertiary/aromatic N) is 3. The van der Waals surface area contributed by atoms with Crippen LogP contribution in [-0.4, -0.2) is 46.9 Å². The molecule has 1 heterocycles. The summed E-state index contributed by atoms with van der Waals surface area (Å²) >= 11 is 0. The Kier molecular flexibility index (Phi) is 3.20. The lowest BCUT2D eigenvalue weighted by atomic mass is 9.93. The Labute approximate surface area is 78.8 Å². The second-order valence-electron chi connectivity index (χ2n) is 2.94. The van der Waals surface area contributed by atoms with E-state index in [1.54, 1.807) is 0 Å². The van der Waals surface area contributed by atoms with Crippen molar-refractivity contribution >= 4 is 5.84 Å². The van der Waals surface area contributed by atoms with Crippen molar-refractivity contribution in [2.24, 2.45) is 21.1 Å². The standard InChI is InChI=1S/C6H10N4O4/c7-6-5(12)4(10-14)3(9-13)2(1-11)8-6/h2-5,11-12H,1H2,(H2,7,8)/t2-,3-,4?,5-/m1/s1. The van der Waals surface area contributed by atoms with Crippen molar-refractivity contribution < 1.29 is 10.2 Å². The third-order valence-corrected chi connectivity index (χ3v) is 2.12. The van der Waals surface area contributed by atoms with Gasteiger partial charge in [0.15, 0.2) is 6.04 Å². The maximum atomic E-state index is 10.4. The molecule has 0 aromatic heterocycles. The SMILES string of the molecule is NC1=N[C@H](CO)[C@@H](N=O)C(N=O)[C@H]1O. The molecule has 0 saturated carbocycles. The molecule has 78 valence electrons. The summed E-state index contributed by atoms with van der Waals surface area (Å²) in [6.45, 7) is -0.476. The van der Waals surface area contributed by atoms with E-state index in [4.69, 9.17) is 10.8 Å². The van der Waals surface area contributed by atoms with Crippen LogP contribution in [0.5, 0.6) is 0 Å². The highest BCUT2D eigenvalue weighted by atomic mass is 16.3. The average molecular weight is 202 g/mol. The molecule has 8 heteroatoms. The van der Waals surface area contributed by atoms with E-state index < -0.39 is 30.8 Å². The number of aliphatic hydroxyl groups is 2. The van der Waals surface area contributed by atoms with Crippen molar-refractivity contribution in [1.29, 1.82) is 0 Å². The summed E-state index contributed by atoms with van der Waals surface area (Å²) in [7, 11) is 0. The average Bonchev–Trinajstić information content (AvgIpc) is 2.20. The number of aliphatic imine (C=N–C) groups is 1. The summed E-state index contributed by atoms with van der Waals surface area (Å²) in [5.41, 5.74) is 5.27. The summed E-state index contributed by atoms with van der Waals surface area (Å²) in [5.74, 6) is -0.214. The van der Waals surface area contributed by atoms with Gasteiger partial charge in [0.2, 0.25) is 0 Å². The molecule has 0 aromatic rings. The highest BCUT2D eigenvalue weighted by molar-refractivity contribution is 5.86. The van der Waals surface area contributed by atoms with Crippen LogP contribution in [0.3, 0.4) is 0 Å². The molecular weight excluding hydrogens is 192 g/mol. The molecule has 1 aliphatic heterocycles. The molecule has 4 atom stereocenters. The lowest BCUT2D eigenvalue weighted by Gasteiger charge is -2.29. The topological polar surface area (TPSA) is 138 Å². The zero-order chi connectivity index (χ0) is 10.7. The van der Waals surface area contributed by atoms with Gasteiger partial charge in [0, 0.05) is 0 Å². The molecule has 1 rings (SSSR count). The van der Waals surface area contributed by atoms with Crippen molar-refractivity contribution in [2.75, 3.05) is 6.61 Å². The minimum Gasteiger partial charge on any atom is -0.394 e. The fourth-order valence-corrected chi connectivity index (χ4v) is 1.33. The summed E-state index contributed by atoms with van der Waals surface area (Å²) in [6.07, 6.45) is -1.40. The Balaban J connectivity index is 3.01. The fourth-order valence-electron chi connectivity index (χ4n) is 1.33. The van der Waals surface area contributed by atoms with Crippen LogP contribution >= 0.6 is 0 Å². The van der Waals surface area contributed by atoms with E-state index in [1.165, 1.54) is 0 Å². The lowest BCUT2D eigenvalue weighted by molar-refractivity contribution is 0.156. The van der Waals surface area contributed by atoms with Gasteiger partial charge in [-0.05, 0) is 0 Å². The highest BCUT2D eigenvalue weighted by Crippen LogP contribution is 2.20. The fraction of sp³-hybridized carbons (Fsp3) is 0.833. The van der Waals surface area contributed by atoms with Crippen LogP contribution in [0.25, 0.3) is 0 Å². The van der Waals surface area contributed by atoms with E-state index in [1.807, 2.05) is 0 Å². The third-order valence-electron chi connectivity index (χ3n) is 2.12. The summed E-state index contributed by atoms with van der Waals surface area (Å²) in [5, 5.41) is 23.3. The summed E-state index contributed by atoms with van der Waals surface area (Å²) < 4.78 is 0. The number of hydrogen-bond donors (Lipinski definition) is 3. The molecule has 0 aromatic carbocycles. The quantitative estimate of drug-likeness (QED) is 0.470. The van der Waals surface area contributed by atoms with Gasteiger partial charge in [-0.25, -0.2) is 0 Å². The van der Waals surface area contributed by atoms with Gasteiger partial charge in [-0.3, -0.25) is 4.99 Å². The van der Waals surface area contributed by atoms with Crippen molar-refractivity contribution in [2.45, 2.75) is 24.2 Å². The normalized spacial score (nSPS) is 37.4. The minimum absolute atomic E-state index is 0.214. The Morgan fingerprint density at radius 3 is 2.36 bits per heavy atom. The van der Waals surface area contributed by atoms with E-state index in [2.05, 4.69) is 15.3 Å². The first-order valence-corrected chi connectivity index (χ1v) is 3.92. The van der Waals surface area contributed by atoms with Gasteiger partial charge in [0.05, 0.1) is 6.61 Å². The van der Waals surface area contributed by atoms with Gasteiger partial charge in [-0.15, -0.1) is 0 Å². The first-order valence-electron chi connectivity index (χ1n) is 3.92. The van der Waals surface area contributed by atoms with Crippen LogP contribution < -0.4 is 5.73 Å². The molecule has 14 heavy (non-hydrogen) atoms. The Morgan fingerprint density at radius 2 is 1.93 bits per heavy atom. The van der Waals surface area contributed by atoms with Gasteiger partial charge in [-0.1, -0.05) is 10.4 Å². The Bertz CT molecular complexity index is 269. The predicted octanol–water partition coefficient (Wildman–Crippen LogP) is -1.65. The van der Waals surface area contributed by atoms with Crippen LogP contribution in [0.15, 0.2) is 15.3 Å². The number of amidine groups is 1. The molecule has 0 fully saturated rings. The minimum atomic E-state index is -1.40. The molecule has 4 N–H and O–H groups in total. The second-order valence-corrected chi connectivity index (χ2v) is 2.94. The molecule has 0 radical (unpaired) electrons. The zero-order valence-corrected chi connectivity index (χ0v) is 7.15. The van der Waals surface area contributed by atoms with E-state index in [0.29, 0.717) is 0 Å². The molecule has 0 saturated heterocycles. The Morgan fingerprint density at radius 1 is 1.36 bits per heavy atom. The zero-order valence-electron chi connectivity index (χ0n) is 7.15. The van der Waals surface area contributed by atoms with E-state index in [0.717, 1.165) is 0 Å². The second kappa shape index (κ2) is 4.20. The molecule has 0 amide bonds. The van der Waals surface area contributed by atoms with Crippen molar-refractivity contribution in [3.05, 3.63) is 9.81 Å². The molecule has 1 unspecified atom stereocenters. The van der Waals surface area contributed by atoms with Crippen molar-refractivity contribution in [3.63, 3.8) is 0 Å². The number of nitrogens with two attached hydrogens (primary N) is 1. The summed E-state index contributed by atoms with van der Waals surface area (Å²) in [4.78, 5) is 24.3. The third kappa shape index (κ3) is 1.61.